The third-order valence-electron chi connectivity index (χ3n) is 3.95. The van der Waals surface area contributed by atoms with Crippen molar-refractivity contribution in [1.82, 2.24) is 14.7 Å². The number of nitrogens with zero attached hydrogens (tertiary/aromatic N) is 3. The zero-order valence-electron chi connectivity index (χ0n) is 14.2. The first kappa shape index (κ1) is 15.9. The second-order valence-corrected chi connectivity index (χ2v) is 7.88. The number of carbonyl (C=O) groups is 1. The lowest BCUT2D eigenvalue weighted by Gasteiger charge is -2.40. The Morgan fingerprint density at radius 1 is 1.19 bits per heavy atom. The summed E-state index contributed by atoms with van der Waals surface area (Å²) in [5.74, 6) is 0. The molecule has 0 bridgehead atoms. The molecule has 0 aliphatic carbocycles. The maximum absolute atomic E-state index is 11.5. The van der Waals surface area contributed by atoms with Crippen molar-refractivity contribution in [3.8, 4) is 0 Å². The van der Waals surface area contributed by atoms with Gasteiger partial charge < -0.3 is 9.64 Å². The lowest BCUT2D eigenvalue weighted by atomic mass is 9.79. The molecule has 21 heavy (non-hydrogen) atoms. The van der Waals surface area contributed by atoms with Gasteiger partial charge in [-0.15, -0.1) is 0 Å². The van der Waals surface area contributed by atoms with Crippen molar-refractivity contribution in [2.24, 2.45) is 0 Å². The predicted octanol–water partition coefficient (Wildman–Crippen LogP) is 3.10. The average molecular weight is 293 g/mol. The van der Waals surface area contributed by atoms with Crippen LogP contribution in [-0.4, -0.2) is 41.0 Å². The van der Waals surface area contributed by atoms with Gasteiger partial charge in [0.1, 0.15) is 0 Å². The summed E-state index contributed by atoms with van der Waals surface area (Å²) < 4.78 is 6.86. The number of amides is 1. The number of methoxy groups -OCH3 is 1. The summed E-state index contributed by atoms with van der Waals surface area (Å²) in [5, 5.41) is 4.63. The van der Waals surface area contributed by atoms with Gasteiger partial charge in [0.2, 0.25) is 0 Å². The highest BCUT2D eigenvalue weighted by atomic mass is 16.5. The summed E-state index contributed by atoms with van der Waals surface area (Å²) in [7, 11) is 1.42. The Morgan fingerprint density at radius 2 is 1.76 bits per heavy atom. The Morgan fingerprint density at radius 3 is 2.19 bits per heavy atom. The van der Waals surface area contributed by atoms with Crippen molar-refractivity contribution in [3.63, 3.8) is 0 Å². The molecule has 0 saturated carbocycles. The Kier molecular flexibility index (Phi) is 3.80. The highest BCUT2D eigenvalue weighted by molar-refractivity contribution is 5.68. The van der Waals surface area contributed by atoms with Crippen molar-refractivity contribution in [3.05, 3.63) is 17.5 Å². The standard InChI is InChI=1S/C16H27N3O2/c1-15(2,3)12-8-17-19(13(12)16(4,5)6)11-9-18(10-11)14(20)21-7/h8,11H,9-10H2,1-7H3. The van der Waals surface area contributed by atoms with E-state index in [4.69, 9.17) is 4.74 Å². The fourth-order valence-corrected chi connectivity index (χ4v) is 2.82. The van der Waals surface area contributed by atoms with E-state index in [0.717, 1.165) is 0 Å². The molecule has 0 radical (unpaired) electrons. The van der Waals surface area contributed by atoms with Crippen LogP contribution in [0.25, 0.3) is 0 Å². The van der Waals surface area contributed by atoms with E-state index in [-0.39, 0.29) is 23.0 Å². The van der Waals surface area contributed by atoms with Gasteiger partial charge in [-0.25, -0.2) is 4.79 Å². The summed E-state index contributed by atoms with van der Waals surface area (Å²) in [6.45, 7) is 14.6. The van der Waals surface area contributed by atoms with Crippen LogP contribution < -0.4 is 0 Å². The monoisotopic (exact) mass is 293 g/mol. The van der Waals surface area contributed by atoms with Gasteiger partial charge in [-0.05, 0) is 11.0 Å². The lowest BCUT2D eigenvalue weighted by molar-refractivity contribution is 0.0655. The van der Waals surface area contributed by atoms with Gasteiger partial charge in [-0.1, -0.05) is 41.5 Å². The minimum atomic E-state index is -0.258. The Balaban J connectivity index is 2.31. The quantitative estimate of drug-likeness (QED) is 0.799. The third-order valence-corrected chi connectivity index (χ3v) is 3.95. The number of hydrogen-bond acceptors (Lipinski definition) is 3. The fraction of sp³-hybridized carbons (Fsp3) is 0.750. The van der Waals surface area contributed by atoms with E-state index in [0.29, 0.717) is 13.1 Å². The van der Waals surface area contributed by atoms with Crippen LogP contribution in [0.5, 0.6) is 0 Å². The molecule has 0 unspecified atom stereocenters. The first-order valence-electron chi connectivity index (χ1n) is 7.47. The van der Waals surface area contributed by atoms with Gasteiger partial charge >= 0.3 is 6.09 Å². The SMILES string of the molecule is COC(=O)N1CC(n2ncc(C(C)(C)C)c2C(C)(C)C)C1. The van der Waals surface area contributed by atoms with Gasteiger partial charge in [0, 0.05) is 24.2 Å². The van der Waals surface area contributed by atoms with Crippen LogP contribution in [0.1, 0.15) is 58.8 Å². The second-order valence-electron chi connectivity index (χ2n) is 7.88. The fourth-order valence-electron chi connectivity index (χ4n) is 2.82. The molecule has 5 heteroatoms. The topological polar surface area (TPSA) is 47.4 Å². The summed E-state index contributed by atoms with van der Waals surface area (Å²) in [4.78, 5) is 13.2. The van der Waals surface area contributed by atoms with Crippen molar-refractivity contribution in [2.45, 2.75) is 58.4 Å². The molecule has 118 valence electrons. The maximum Gasteiger partial charge on any atom is 0.409 e. The number of aromatic nitrogens is 2. The molecule has 0 atom stereocenters. The van der Waals surface area contributed by atoms with Crippen LogP contribution in [0.15, 0.2) is 6.20 Å². The third kappa shape index (κ3) is 2.92. The number of carbonyl (C=O) groups excluding carboxylic acids is 1. The lowest BCUT2D eigenvalue weighted by Crippen LogP contribution is -2.51. The van der Waals surface area contributed by atoms with Crippen LogP contribution in [0.3, 0.4) is 0 Å². The molecular weight excluding hydrogens is 266 g/mol. The molecule has 5 nitrogen and oxygen atoms in total. The van der Waals surface area contributed by atoms with Crippen molar-refractivity contribution in [1.29, 1.82) is 0 Å². The number of hydrogen-bond donors (Lipinski definition) is 0. The highest BCUT2D eigenvalue weighted by Gasteiger charge is 2.38. The van der Waals surface area contributed by atoms with E-state index in [9.17, 15) is 4.79 Å². The molecular formula is C16H27N3O2. The molecule has 2 rings (SSSR count). The van der Waals surface area contributed by atoms with E-state index in [1.54, 1.807) is 4.90 Å². The number of likely N-dealkylation sites (tertiary alicyclic amines) is 1. The maximum atomic E-state index is 11.5. The predicted molar refractivity (Wildman–Crippen MR) is 82.6 cm³/mol. The van der Waals surface area contributed by atoms with Crippen molar-refractivity contribution in [2.75, 3.05) is 20.2 Å². The minimum Gasteiger partial charge on any atom is -0.453 e. The molecule has 1 amide bonds. The molecule has 0 spiro atoms. The summed E-state index contributed by atoms with van der Waals surface area (Å²) >= 11 is 0. The van der Waals surface area contributed by atoms with Gasteiger partial charge in [0.25, 0.3) is 0 Å². The van der Waals surface area contributed by atoms with Crippen molar-refractivity contribution >= 4 is 6.09 Å². The van der Waals surface area contributed by atoms with Gasteiger partial charge in [-0.2, -0.15) is 5.10 Å². The number of rotatable bonds is 1. The van der Waals surface area contributed by atoms with E-state index >= 15 is 0 Å². The first-order chi connectivity index (χ1) is 9.55. The van der Waals surface area contributed by atoms with Crippen LogP contribution in [0, 0.1) is 0 Å². The average Bonchev–Trinajstić information content (AvgIpc) is 2.70. The van der Waals surface area contributed by atoms with Crippen LogP contribution in [-0.2, 0) is 15.6 Å². The zero-order valence-corrected chi connectivity index (χ0v) is 14.2. The smallest absolute Gasteiger partial charge is 0.409 e. The minimum absolute atomic E-state index is 0.0186. The largest absolute Gasteiger partial charge is 0.453 e. The molecule has 1 aliphatic rings. The molecule has 0 aromatic carbocycles. The van der Waals surface area contributed by atoms with Crippen LogP contribution >= 0.6 is 0 Å². The van der Waals surface area contributed by atoms with E-state index < -0.39 is 0 Å². The zero-order chi connectivity index (χ0) is 16.0. The normalized spacial score (nSPS) is 16.8. The Labute approximate surface area is 127 Å². The van der Waals surface area contributed by atoms with Crippen LogP contribution in [0.2, 0.25) is 0 Å². The molecule has 1 saturated heterocycles. The highest BCUT2D eigenvalue weighted by Crippen LogP contribution is 2.36. The van der Waals surface area contributed by atoms with Gasteiger partial charge in [-0.3, -0.25) is 4.68 Å². The summed E-state index contributed by atoms with van der Waals surface area (Å²) in [6, 6.07) is 0.245. The van der Waals surface area contributed by atoms with Crippen LogP contribution in [0.4, 0.5) is 4.79 Å². The summed E-state index contributed by atoms with van der Waals surface area (Å²) in [5.41, 5.74) is 2.63. The van der Waals surface area contributed by atoms with E-state index in [2.05, 4.69) is 51.3 Å². The molecule has 1 aliphatic heterocycles. The Hall–Kier alpha value is -1.52. The molecule has 1 aromatic heterocycles. The first-order valence-corrected chi connectivity index (χ1v) is 7.47. The second kappa shape index (κ2) is 5.04. The molecule has 1 fully saturated rings. The Bertz CT molecular complexity index is 529. The van der Waals surface area contributed by atoms with E-state index in [1.807, 2.05) is 6.20 Å². The summed E-state index contributed by atoms with van der Waals surface area (Å²) in [6.07, 6.45) is 1.73. The van der Waals surface area contributed by atoms with Gasteiger partial charge in [0.05, 0.1) is 19.3 Å². The van der Waals surface area contributed by atoms with Crippen molar-refractivity contribution < 1.29 is 9.53 Å². The van der Waals surface area contributed by atoms with E-state index in [1.165, 1.54) is 18.4 Å². The molecule has 1 aromatic rings. The molecule has 0 N–H and O–H groups in total. The molecule has 2 heterocycles. The number of ether oxygens (including phenoxy) is 1. The van der Waals surface area contributed by atoms with Gasteiger partial charge in [0.15, 0.2) is 0 Å².